The summed E-state index contributed by atoms with van der Waals surface area (Å²) in [6.45, 7) is 2.35. The number of halogens is 3. The molecule has 0 N–H and O–H groups in total. The number of nitrogens with zero attached hydrogens (tertiary/aromatic N) is 6. The van der Waals surface area contributed by atoms with Crippen molar-refractivity contribution in [3.05, 3.63) is 71.5 Å². The normalized spacial score (nSPS) is 15.3. The van der Waals surface area contributed by atoms with Gasteiger partial charge in [-0.05, 0) is 62.7 Å². The Morgan fingerprint density at radius 3 is 2.59 bits per heavy atom. The van der Waals surface area contributed by atoms with Crippen LogP contribution in [-0.2, 0) is 6.54 Å². The molecular formula is C24H23F3N6O. The van der Waals surface area contributed by atoms with Crippen molar-refractivity contribution in [3.8, 4) is 22.7 Å². The Morgan fingerprint density at radius 2 is 1.85 bits per heavy atom. The maximum Gasteiger partial charge on any atom is 0.314 e. The van der Waals surface area contributed by atoms with Crippen molar-refractivity contribution in [1.29, 1.82) is 0 Å². The molecule has 5 rings (SSSR count). The summed E-state index contributed by atoms with van der Waals surface area (Å²) in [5.74, 6) is -0.951. The summed E-state index contributed by atoms with van der Waals surface area (Å²) >= 11 is 0. The van der Waals surface area contributed by atoms with Crippen LogP contribution >= 0.6 is 0 Å². The third kappa shape index (κ3) is 4.72. The Labute approximate surface area is 194 Å². The summed E-state index contributed by atoms with van der Waals surface area (Å²) in [7, 11) is 2.15. The number of likely N-dealkylation sites (tertiary alicyclic amines) is 1. The Hall–Kier alpha value is -3.53. The average Bonchev–Trinajstić information content (AvgIpc) is 3.51. The van der Waals surface area contributed by atoms with Gasteiger partial charge < -0.3 is 9.32 Å². The van der Waals surface area contributed by atoms with Crippen LogP contribution in [0.5, 0.6) is 0 Å². The first kappa shape index (κ1) is 22.3. The second-order valence-corrected chi connectivity index (χ2v) is 8.56. The molecule has 34 heavy (non-hydrogen) atoms. The van der Waals surface area contributed by atoms with Crippen LogP contribution < -0.4 is 0 Å². The lowest BCUT2D eigenvalue weighted by molar-refractivity contribution is 0.116. The van der Waals surface area contributed by atoms with Gasteiger partial charge in [-0.1, -0.05) is 29.5 Å². The summed E-state index contributed by atoms with van der Waals surface area (Å²) in [6, 6.07) is 12.6. The molecular weight excluding hydrogens is 445 g/mol. The first-order valence-electron chi connectivity index (χ1n) is 11.1. The maximum absolute atomic E-state index is 14.7. The van der Waals surface area contributed by atoms with Crippen molar-refractivity contribution < 1.29 is 17.6 Å². The van der Waals surface area contributed by atoms with Crippen LogP contribution in [0.4, 0.5) is 13.2 Å². The highest BCUT2D eigenvalue weighted by Crippen LogP contribution is 2.30. The first-order valence-corrected chi connectivity index (χ1v) is 11.1. The Morgan fingerprint density at radius 1 is 1.03 bits per heavy atom. The fourth-order valence-corrected chi connectivity index (χ4v) is 4.22. The molecule has 0 radical (unpaired) electrons. The van der Waals surface area contributed by atoms with Gasteiger partial charge >= 0.3 is 6.43 Å². The molecule has 0 bridgehead atoms. The number of aromatic nitrogens is 5. The topological polar surface area (TPSA) is 72.9 Å². The second-order valence-electron chi connectivity index (χ2n) is 8.56. The van der Waals surface area contributed by atoms with Crippen LogP contribution in [-0.4, -0.2) is 50.2 Å². The molecule has 0 spiro atoms. The first-order chi connectivity index (χ1) is 16.5. The predicted octanol–water partition coefficient (Wildman–Crippen LogP) is 4.93. The summed E-state index contributed by atoms with van der Waals surface area (Å²) < 4.78 is 46.5. The number of rotatable bonds is 6. The molecule has 0 unspecified atom stereocenters. The standard InChI is InChI=1S/C24H23F3N6O/c1-32-9-7-15(8-10-32)16-3-2-4-17(11-16)21-14-33(31-28-21)13-19-6-5-18(12-20(19)25)23-29-30-24(34-23)22(26)27/h2-6,11-12,14-15,22H,7-10,13H2,1H3. The quantitative estimate of drug-likeness (QED) is 0.400. The summed E-state index contributed by atoms with van der Waals surface area (Å²) in [5.41, 5.74) is 3.60. The third-order valence-corrected chi connectivity index (χ3v) is 6.17. The fourth-order valence-electron chi connectivity index (χ4n) is 4.22. The average molecular weight is 468 g/mol. The van der Waals surface area contributed by atoms with E-state index in [0.717, 1.165) is 37.2 Å². The van der Waals surface area contributed by atoms with E-state index in [0.29, 0.717) is 11.5 Å². The van der Waals surface area contributed by atoms with E-state index in [1.807, 2.05) is 12.1 Å². The lowest BCUT2D eigenvalue weighted by Crippen LogP contribution is -2.29. The molecule has 0 saturated carbocycles. The van der Waals surface area contributed by atoms with Crippen molar-refractivity contribution in [2.75, 3.05) is 20.1 Å². The van der Waals surface area contributed by atoms with Gasteiger partial charge in [-0.25, -0.2) is 9.07 Å². The zero-order valence-electron chi connectivity index (χ0n) is 18.5. The third-order valence-electron chi connectivity index (χ3n) is 6.17. The highest BCUT2D eigenvalue weighted by molar-refractivity contribution is 5.59. The van der Waals surface area contributed by atoms with Gasteiger partial charge in [0.1, 0.15) is 11.5 Å². The van der Waals surface area contributed by atoms with Crippen molar-refractivity contribution in [3.63, 3.8) is 0 Å². The van der Waals surface area contributed by atoms with E-state index < -0.39 is 18.1 Å². The van der Waals surface area contributed by atoms with E-state index in [9.17, 15) is 13.2 Å². The van der Waals surface area contributed by atoms with E-state index in [4.69, 9.17) is 4.42 Å². The number of hydrogen-bond acceptors (Lipinski definition) is 6. The van der Waals surface area contributed by atoms with Gasteiger partial charge in [0.2, 0.25) is 5.89 Å². The SMILES string of the molecule is CN1CCC(c2cccc(-c3cn(Cc4ccc(-c5nnc(C(F)F)o5)cc4F)nn3)c2)CC1. The molecule has 3 heterocycles. The highest BCUT2D eigenvalue weighted by atomic mass is 19.3. The van der Waals surface area contributed by atoms with Crippen LogP contribution in [0, 0.1) is 5.82 Å². The van der Waals surface area contributed by atoms with Gasteiger partial charge in [-0.15, -0.1) is 15.3 Å². The van der Waals surface area contributed by atoms with Gasteiger partial charge in [0, 0.05) is 16.7 Å². The largest absolute Gasteiger partial charge is 0.415 e. The van der Waals surface area contributed by atoms with Crippen molar-refractivity contribution in [1.82, 2.24) is 30.1 Å². The highest BCUT2D eigenvalue weighted by Gasteiger charge is 2.20. The number of hydrogen-bond donors (Lipinski definition) is 0. The Kier molecular flexibility index (Phi) is 6.14. The molecule has 1 fully saturated rings. The van der Waals surface area contributed by atoms with Gasteiger partial charge in [0.05, 0.1) is 12.7 Å². The zero-order chi connectivity index (χ0) is 23.7. The maximum atomic E-state index is 14.7. The van der Waals surface area contributed by atoms with Crippen LogP contribution in [0.3, 0.4) is 0 Å². The Balaban J connectivity index is 1.30. The van der Waals surface area contributed by atoms with Gasteiger partial charge in [0.25, 0.3) is 5.89 Å². The number of piperidine rings is 1. The molecule has 2 aromatic carbocycles. The Bertz CT molecular complexity index is 1280. The fraction of sp³-hybridized carbons (Fsp3) is 0.333. The van der Waals surface area contributed by atoms with Crippen LogP contribution in [0.15, 0.2) is 53.1 Å². The summed E-state index contributed by atoms with van der Waals surface area (Å²) in [5, 5.41) is 15.2. The summed E-state index contributed by atoms with van der Waals surface area (Å²) in [4.78, 5) is 2.35. The molecule has 2 aromatic heterocycles. The van der Waals surface area contributed by atoms with Crippen molar-refractivity contribution in [2.45, 2.75) is 31.7 Å². The van der Waals surface area contributed by atoms with E-state index in [-0.39, 0.29) is 18.0 Å². The molecule has 10 heteroatoms. The van der Waals surface area contributed by atoms with E-state index >= 15 is 0 Å². The lowest BCUT2D eigenvalue weighted by atomic mass is 9.88. The monoisotopic (exact) mass is 468 g/mol. The van der Waals surface area contributed by atoms with E-state index in [1.54, 1.807) is 23.0 Å². The molecule has 1 saturated heterocycles. The van der Waals surface area contributed by atoms with Gasteiger partial charge in [-0.3, -0.25) is 0 Å². The van der Waals surface area contributed by atoms with E-state index in [1.165, 1.54) is 11.6 Å². The molecule has 0 amide bonds. The van der Waals surface area contributed by atoms with Crippen LogP contribution in [0.2, 0.25) is 0 Å². The van der Waals surface area contributed by atoms with Crippen molar-refractivity contribution in [2.24, 2.45) is 0 Å². The smallest absolute Gasteiger partial charge is 0.314 e. The second kappa shape index (κ2) is 9.38. The molecule has 7 nitrogen and oxygen atoms in total. The minimum Gasteiger partial charge on any atom is -0.415 e. The molecule has 0 aliphatic carbocycles. The van der Waals surface area contributed by atoms with E-state index in [2.05, 4.69) is 44.6 Å². The lowest BCUT2D eigenvalue weighted by Gasteiger charge is -2.29. The van der Waals surface area contributed by atoms with Gasteiger partial charge in [0.15, 0.2) is 0 Å². The number of alkyl halides is 2. The molecule has 1 aliphatic heterocycles. The minimum absolute atomic E-state index is 0.159. The van der Waals surface area contributed by atoms with Crippen LogP contribution in [0.25, 0.3) is 22.7 Å². The molecule has 0 atom stereocenters. The molecule has 1 aliphatic rings. The number of benzene rings is 2. The predicted molar refractivity (Wildman–Crippen MR) is 119 cm³/mol. The molecule has 176 valence electrons. The van der Waals surface area contributed by atoms with Crippen LogP contribution in [0.1, 0.15) is 42.2 Å². The van der Waals surface area contributed by atoms with Gasteiger partial charge in [-0.2, -0.15) is 8.78 Å². The molecule has 4 aromatic rings. The minimum atomic E-state index is -2.88. The zero-order valence-corrected chi connectivity index (χ0v) is 18.5. The summed E-state index contributed by atoms with van der Waals surface area (Å²) in [6.07, 6.45) is 1.18. The van der Waals surface area contributed by atoms with Crippen molar-refractivity contribution >= 4 is 0 Å².